The molecule has 8 nitrogen and oxygen atoms in total. The van der Waals surface area contributed by atoms with Gasteiger partial charge in [0.2, 0.25) is 0 Å². The van der Waals surface area contributed by atoms with E-state index in [9.17, 15) is 10.1 Å². The van der Waals surface area contributed by atoms with Crippen molar-refractivity contribution in [2.75, 3.05) is 32.1 Å². The predicted octanol–water partition coefficient (Wildman–Crippen LogP) is 1.64. The van der Waals surface area contributed by atoms with Crippen LogP contribution >= 0.6 is 12.2 Å². The minimum Gasteiger partial charge on any atom is -0.376 e. The zero-order chi connectivity index (χ0) is 17.5. The maximum absolute atomic E-state index is 11.1. The lowest BCUT2D eigenvalue weighted by molar-refractivity contribution is -0.384. The lowest BCUT2D eigenvalue weighted by Crippen LogP contribution is -2.37. The highest BCUT2D eigenvalue weighted by Gasteiger charge is 2.16. The number of hydrogen-bond donors (Lipinski definition) is 2. The van der Waals surface area contributed by atoms with E-state index in [0.717, 1.165) is 19.4 Å². The summed E-state index contributed by atoms with van der Waals surface area (Å²) in [6.07, 6.45) is 3.79. The number of benzene rings is 1. The third-order valence-electron chi connectivity index (χ3n) is 3.57. The Morgan fingerprint density at radius 3 is 3.00 bits per heavy atom. The largest absolute Gasteiger partial charge is 0.376 e. The van der Waals surface area contributed by atoms with Crippen molar-refractivity contribution in [3.8, 4) is 0 Å². The first-order valence-electron chi connectivity index (χ1n) is 7.61. The number of anilines is 1. The Balaban J connectivity index is 1.90. The maximum atomic E-state index is 11.1. The molecule has 0 radical (unpaired) electrons. The summed E-state index contributed by atoms with van der Waals surface area (Å²) in [6.45, 7) is 1.44. The third kappa shape index (κ3) is 5.14. The van der Waals surface area contributed by atoms with Crippen LogP contribution in [0.15, 0.2) is 23.3 Å². The number of rotatable bonds is 6. The van der Waals surface area contributed by atoms with Crippen molar-refractivity contribution in [2.24, 2.45) is 5.10 Å². The molecule has 1 fully saturated rings. The van der Waals surface area contributed by atoms with E-state index >= 15 is 0 Å². The van der Waals surface area contributed by atoms with Gasteiger partial charge in [-0.15, -0.1) is 0 Å². The highest BCUT2D eigenvalue weighted by Crippen LogP contribution is 2.27. The fourth-order valence-electron chi connectivity index (χ4n) is 2.36. The zero-order valence-electron chi connectivity index (χ0n) is 13.7. The number of nitrogens with one attached hydrogen (secondary N) is 2. The van der Waals surface area contributed by atoms with E-state index < -0.39 is 4.92 Å². The van der Waals surface area contributed by atoms with Gasteiger partial charge in [0.25, 0.3) is 5.69 Å². The number of thiocarbonyl (C=S) groups is 1. The highest BCUT2D eigenvalue weighted by molar-refractivity contribution is 7.80. The van der Waals surface area contributed by atoms with Crippen LogP contribution in [0, 0.1) is 10.1 Å². The average Bonchev–Trinajstić information content (AvgIpc) is 3.06. The van der Waals surface area contributed by atoms with Crippen molar-refractivity contribution < 1.29 is 9.66 Å². The minimum atomic E-state index is -0.409. The van der Waals surface area contributed by atoms with E-state index in [0.29, 0.717) is 22.9 Å². The summed E-state index contributed by atoms with van der Waals surface area (Å²) >= 11 is 5.12. The van der Waals surface area contributed by atoms with Gasteiger partial charge in [0.15, 0.2) is 5.11 Å². The van der Waals surface area contributed by atoms with Gasteiger partial charge in [0, 0.05) is 38.9 Å². The summed E-state index contributed by atoms with van der Waals surface area (Å²) in [5.41, 5.74) is 3.88. The van der Waals surface area contributed by atoms with E-state index in [4.69, 9.17) is 17.0 Å². The van der Waals surface area contributed by atoms with Crippen LogP contribution in [0.5, 0.6) is 0 Å². The SMILES string of the molecule is CN(C)c1ccc(/C=N\NC(=S)NC[C@H]2CCCO2)cc1[N+](=O)[O-]. The Labute approximate surface area is 146 Å². The van der Waals surface area contributed by atoms with Gasteiger partial charge in [-0.25, -0.2) is 0 Å². The second-order valence-corrected chi connectivity index (χ2v) is 6.02. The monoisotopic (exact) mass is 351 g/mol. The second-order valence-electron chi connectivity index (χ2n) is 5.61. The molecule has 1 aromatic rings. The van der Waals surface area contributed by atoms with Crippen LogP contribution in [0.25, 0.3) is 0 Å². The molecule has 2 rings (SSSR count). The van der Waals surface area contributed by atoms with Crippen molar-refractivity contribution in [3.63, 3.8) is 0 Å². The molecule has 1 saturated heterocycles. The van der Waals surface area contributed by atoms with Crippen molar-refractivity contribution in [2.45, 2.75) is 18.9 Å². The zero-order valence-corrected chi connectivity index (χ0v) is 14.5. The number of hydrogen-bond acceptors (Lipinski definition) is 6. The molecule has 1 aliphatic heterocycles. The Morgan fingerprint density at radius 2 is 2.38 bits per heavy atom. The van der Waals surface area contributed by atoms with E-state index in [-0.39, 0.29) is 11.8 Å². The van der Waals surface area contributed by atoms with Crippen LogP contribution in [0.3, 0.4) is 0 Å². The van der Waals surface area contributed by atoms with Crippen molar-refractivity contribution >= 4 is 34.9 Å². The molecule has 1 aliphatic rings. The number of nitrogens with zero attached hydrogens (tertiary/aromatic N) is 3. The van der Waals surface area contributed by atoms with E-state index in [2.05, 4.69) is 15.8 Å². The summed E-state index contributed by atoms with van der Waals surface area (Å²) in [5.74, 6) is 0. The fraction of sp³-hybridized carbons (Fsp3) is 0.467. The lowest BCUT2D eigenvalue weighted by Gasteiger charge is -2.13. The molecule has 0 aromatic heterocycles. The van der Waals surface area contributed by atoms with Crippen molar-refractivity contribution in [3.05, 3.63) is 33.9 Å². The molecule has 2 N–H and O–H groups in total. The molecule has 130 valence electrons. The predicted molar refractivity (Wildman–Crippen MR) is 97.7 cm³/mol. The quantitative estimate of drug-likeness (QED) is 0.348. The van der Waals surface area contributed by atoms with Gasteiger partial charge in [-0.3, -0.25) is 15.5 Å². The van der Waals surface area contributed by atoms with Crippen LogP contribution in [0.2, 0.25) is 0 Å². The molecule has 0 unspecified atom stereocenters. The Hall–Kier alpha value is -2.26. The fourth-order valence-corrected chi connectivity index (χ4v) is 2.50. The smallest absolute Gasteiger partial charge is 0.293 e. The van der Waals surface area contributed by atoms with Crippen LogP contribution < -0.4 is 15.6 Å². The Kier molecular flexibility index (Phi) is 6.44. The summed E-state index contributed by atoms with van der Waals surface area (Å²) in [5, 5.41) is 18.6. The number of nitro groups is 1. The van der Waals surface area contributed by atoms with Gasteiger partial charge < -0.3 is 15.0 Å². The van der Waals surface area contributed by atoms with Crippen LogP contribution in [0.1, 0.15) is 18.4 Å². The van der Waals surface area contributed by atoms with Gasteiger partial charge in [-0.2, -0.15) is 5.10 Å². The van der Waals surface area contributed by atoms with Gasteiger partial charge in [-0.05, 0) is 31.1 Å². The van der Waals surface area contributed by atoms with Crippen LogP contribution in [-0.2, 0) is 4.74 Å². The number of nitro benzene ring substituents is 1. The second kappa shape index (κ2) is 8.55. The first-order valence-corrected chi connectivity index (χ1v) is 8.02. The Bertz CT molecular complexity index is 630. The van der Waals surface area contributed by atoms with Gasteiger partial charge in [-0.1, -0.05) is 6.07 Å². The summed E-state index contributed by atoms with van der Waals surface area (Å²) < 4.78 is 5.49. The number of hydrazone groups is 1. The molecule has 0 saturated carbocycles. The highest BCUT2D eigenvalue weighted by atomic mass is 32.1. The molecule has 1 heterocycles. The summed E-state index contributed by atoms with van der Waals surface area (Å²) in [6, 6.07) is 4.92. The molecule has 1 aromatic carbocycles. The molecular weight excluding hydrogens is 330 g/mol. The molecular formula is C15H21N5O3S. The van der Waals surface area contributed by atoms with Gasteiger partial charge in [0.1, 0.15) is 5.69 Å². The van der Waals surface area contributed by atoms with Crippen LogP contribution in [0.4, 0.5) is 11.4 Å². The molecule has 0 bridgehead atoms. The Morgan fingerprint density at radius 1 is 1.58 bits per heavy atom. The molecule has 9 heteroatoms. The standard InChI is InChI=1S/C15H21N5O3S/c1-19(2)13-6-5-11(8-14(13)20(21)22)9-17-18-15(24)16-10-12-4-3-7-23-12/h5-6,8-9,12H,3-4,7,10H2,1-2H3,(H2,16,18,24)/b17-9-/t12-/m1/s1. The maximum Gasteiger partial charge on any atom is 0.293 e. The summed E-state index contributed by atoms with van der Waals surface area (Å²) in [7, 11) is 3.52. The lowest BCUT2D eigenvalue weighted by atomic mass is 10.2. The molecule has 24 heavy (non-hydrogen) atoms. The molecule has 0 amide bonds. The molecule has 0 spiro atoms. The van der Waals surface area contributed by atoms with E-state index in [1.54, 1.807) is 31.1 Å². The normalized spacial score (nSPS) is 17.0. The van der Waals surface area contributed by atoms with Gasteiger partial charge in [0.05, 0.1) is 17.2 Å². The molecule has 1 atom stereocenters. The summed E-state index contributed by atoms with van der Waals surface area (Å²) in [4.78, 5) is 12.4. The molecule has 0 aliphatic carbocycles. The minimum absolute atomic E-state index is 0.0306. The van der Waals surface area contributed by atoms with E-state index in [1.807, 2.05) is 0 Å². The van der Waals surface area contributed by atoms with Crippen molar-refractivity contribution in [1.82, 2.24) is 10.7 Å². The van der Waals surface area contributed by atoms with Gasteiger partial charge >= 0.3 is 0 Å². The van der Waals surface area contributed by atoms with E-state index in [1.165, 1.54) is 12.3 Å². The van der Waals surface area contributed by atoms with Crippen LogP contribution in [-0.4, -0.2) is 49.6 Å². The average molecular weight is 351 g/mol. The topological polar surface area (TPSA) is 92.0 Å². The first kappa shape index (κ1) is 18.1. The van der Waals surface area contributed by atoms with Crippen molar-refractivity contribution in [1.29, 1.82) is 0 Å². The third-order valence-corrected chi connectivity index (χ3v) is 3.81. The first-order chi connectivity index (χ1) is 11.5. The number of ether oxygens (including phenoxy) is 1.